The molecule has 86 valence electrons. The van der Waals surface area contributed by atoms with E-state index in [4.69, 9.17) is 11.6 Å². The van der Waals surface area contributed by atoms with Crippen molar-refractivity contribution in [2.24, 2.45) is 0 Å². The minimum Gasteiger partial charge on any atom is -0.279 e. The molecule has 0 amide bonds. The van der Waals surface area contributed by atoms with Crippen molar-refractivity contribution in [1.82, 2.24) is 19.8 Å². The van der Waals surface area contributed by atoms with Gasteiger partial charge in [-0.3, -0.25) is 5.10 Å². The third-order valence-electron chi connectivity index (χ3n) is 2.72. The van der Waals surface area contributed by atoms with E-state index in [-0.39, 0.29) is 0 Å². The van der Waals surface area contributed by atoms with Gasteiger partial charge in [0.15, 0.2) is 11.5 Å². The summed E-state index contributed by atoms with van der Waals surface area (Å²) in [5, 5.41) is 8.02. The van der Waals surface area contributed by atoms with Crippen molar-refractivity contribution in [3.05, 3.63) is 40.5 Å². The summed E-state index contributed by atoms with van der Waals surface area (Å²) in [7, 11) is 0. The summed E-state index contributed by atoms with van der Waals surface area (Å²) in [6.07, 6.45) is 0. The highest BCUT2D eigenvalue weighted by atomic mass is 35.5. The standard InChI is InChI=1S/C12H11ClN4/c1-7-3-5-9(6-4-7)11-14-12-10(13)8(2)15-17(12)16-11/h3-6,15H,1-2H3. The monoisotopic (exact) mass is 246 g/mol. The van der Waals surface area contributed by atoms with Gasteiger partial charge in [-0.1, -0.05) is 41.4 Å². The molecule has 5 heteroatoms. The van der Waals surface area contributed by atoms with E-state index in [1.807, 2.05) is 31.2 Å². The first-order valence-corrected chi connectivity index (χ1v) is 5.71. The third kappa shape index (κ3) is 1.61. The molecule has 3 aromatic rings. The van der Waals surface area contributed by atoms with E-state index in [1.54, 1.807) is 4.63 Å². The zero-order chi connectivity index (χ0) is 12.0. The van der Waals surface area contributed by atoms with Crippen molar-refractivity contribution in [2.45, 2.75) is 13.8 Å². The summed E-state index contributed by atoms with van der Waals surface area (Å²) >= 11 is 6.11. The Bertz CT molecular complexity index is 678. The van der Waals surface area contributed by atoms with Crippen LogP contribution in [0.5, 0.6) is 0 Å². The van der Waals surface area contributed by atoms with Crippen LogP contribution in [0.2, 0.25) is 5.02 Å². The molecule has 2 aromatic heterocycles. The lowest BCUT2D eigenvalue weighted by Gasteiger charge is -1.95. The Morgan fingerprint density at radius 1 is 1.18 bits per heavy atom. The van der Waals surface area contributed by atoms with E-state index in [1.165, 1.54) is 5.56 Å². The number of hydrogen-bond donors (Lipinski definition) is 1. The highest BCUT2D eigenvalue weighted by Gasteiger charge is 2.12. The molecule has 3 rings (SSSR count). The number of H-pyrrole nitrogens is 1. The highest BCUT2D eigenvalue weighted by molar-refractivity contribution is 6.34. The Kier molecular flexibility index (Phi) is 2.19. The van der Waals surface area contributed by atoms with Gasteiger partial charge in [0.25, 0.3) is 0 Å². The molecule has 2 heterocycles. The van der Waals surface area contributed by atoms with E-state index in [0.29, 0.717) is 16.5 Å². The van der Waals surface area contributed by atoms with E-state index in [9.17, 15) is 0 Å². The summed E-state index contributed by atoms with van der Waals surface area (Å²) in [6, 6.07) is 8.09. The van der Waals surface area contributed by atoms with Crippen LogP contribution in [0.1, 0.15) is 11.3 Å². The molecule has 1 aromatic carbocycles. The summed E-state index contributed by atoms with van der Waals surface area (Å²) in [4.78, 5) is 4.42. The summed E-state index contributed by atoms with van der Waals surface area (Å²) in [5.74, 6) is 0.679. The molecule has 0 spiro atoms. The smallest absolute Gasteiger partial charge is 0.194 e. The predicted octanol–water partition coefficient (Wildman–Crippen LogP) is 2.99. The number of aryl methyl sites for hydroxylation is 2. The fourth-order valence-electron chi connectivity index (χ4n) is 1.73. The second-order valence-electron chi connectivity index (χ2n) is 4.09. The van der Waals surface area contributed by atoms with Gasteiger partial charge < -0.3 is 0 Å². The first-order valence-electron chi connectivity index (χ1n) is 5.33. The fraction of sp³-hybridized carbons (Fsp3) is 0.167. The summed E-state index contributed by atoms with van der Waals surface area (Å²) < 4.78 is 1.60. The molecule has 0 fully saturated rings. The van der Waals surface area contributed by atoms with Crippen LogP contribution in [0.25, 0.3) is 17.0 Å². The molecule has 0 bridgehead atoms. The Labute approximate surface area is 103 Å². The lowest BCUT2D eigenvalue weighted by Crippen LogP contribution is -1.88. The largest absolute Gasteiger partial charge is 0.279 e. The molecule has 0 aliphatic heterocycles. The molecule has 0 atom stereocenters. The minimum atomic E-state index is 0.621. The van der Waals surface area contributed by atoms with Crippen LogP contribution >= 0.6 is 11.6 Å². The van der Waals surface area contributed by atoms with Crippen molar-refractivity contribution in [3.63, 3.8) is 0 Å². The highest BCUT2D eigenvalue weighted by Crippen LogP contribution is 2.23. The molecule has 1 N–H and O–H groups in total. The van der Waals surface area contributed by atoms with Crippen molar-refractivity contribution < 1.29 is 0 Å². The van der Waals surface area contributed by atoms with Crippen LogP contribution in [0.15, 0.2) is 24.3 Å². The maximum atomic E-state index is 6.11. The van der Waals surface area contributed by atoms with E-state index in [2.05, 4.69) is 22.1 Å². The number of fused-ring (bicyclic) bond motifs is 1. The SMILES string of the molecule is Cc1ccc(-c2nc3c(Cl)c(C)[nH]n3n2)cc1. The molecule has 0 radical (unpaired) electrons. The molecular weight excluding hydrogens is 236 g/mol. The number of aromatic amines is 1. The van der Waals surface area contributed by atoms with Crippen molar-refractivity contribution in [2.75, 3.05) is 0 Å². The first kappa shape index (κ1) is 10.4. The minimum absolute atomic E-state index is 0.621. The lowest BCUT2D eigenvalue weighted by atomic mass is 10.1. The van der Waals surface area contributed by atoms with Crippen LogP contribution in [0.4, 0.5) is 0 Å². The number of benzene rings is 1. The Balaban J connectivity index is 2.15. The van der Waals surface area contributed by atoms with Crippen LogP contribution in [0.3, 0.4) is 0 Å². The van der Waals surface area contributed by atoms with Gasteiger partial charge in [-0.05, 0) is 13.8 Å². The summed E-state index contributed by atoms with van der Waals surface area (Å²) in [6.45, 7) is 3.94. The van der Waals surface area contributed by atoms with Gasteiger partial charge in [-0.25, -0.2) is 4.98 Å². The van der Waals surface area contributed by atoms with Crippen molar-refractivity contribution >= 4 is 17.2 Å². The van der Waals surface area contributed by atoms with Crippen molar-refractivity contribution in [3.8, 4) is 11.4 Å². The second-order valence-corrected chi connectivity index (χ2v) is 4.47. The number of nitrogens with one attached hydrogen (secondary N) is 1. The average Bonchev–Trinajstić information content (AvgIpc) is 2.82. The first-order chi connectivity index (χ1) is 8.15. The normalized spacial score (nSPS) is 11.2. The van der Waals surface area contributed by atoms with Gasteiger partial charge in [-0.2, -0.15) is 4.63 Å². The van der Waals surface area contributed by atoms with Crippen LogP contribution in [-0.2, 0) is 0 Å². The van der Waals surface area contributed by atoms with E-state index >= 15 is 0 Å². The molecule has 0 aliphatic carbocycles. The van der Waals surface area contributed by atoms with Crippen LogP contribution < -0.4 is 0 Å². The van der Waals surface area contributed by atoms with E-state index < -0.39 is 0 Å². The number of nitrogens with zero attached hydrogens (tertiary/aromatic N) is 3. The predicted molar refractivity (Wildman–Crippen MR) is 67.3 cm³/mol. The summed E-state index contributed by atoms with van der Waals surface area (Å²) in [5.41, 5.74) is 3.74. The molecule has 17 heavy (non-hydrogen) atoms. The van der Waals surface area contributed by atoms with Gasteiger partial charge in [0.1, 0.15) is 5.02 Å². The Morgan fingerprint density at radius 2 is 1.88 bits per heavy atom. The molecule has 4 nitrogen and oxygen atoms in total. The molecule has 0 saturated heterocycles. The topological polar surface area (TPSA) is 46.0 Å². The molecule has 0 unspecified atom stereocenters. The van der Waals surface area contributed by atoms with Gasteiger partial charge in [-0.15, -0.1) is 5.10 Å². The number of aromatic nitrogens is 4. The zero-order valence-corrected chi connectivity index (χ0v) is 10.3. The number of rotatable bonds is 1. The van der Waals surface area contributed by atoms with Crippen molar-refractivity contribution in [1.29, 1.82) is 0 Å². The average molecular weight is 247 g/mol. The number of hydrogen-bond acceptors (Lipinski definition) is 2. The maximum absolute atomic E-state index is 6.11. The van der Waals surface area contributed by atoms with Crippen LogP contribution in [0, 0.1) is 13.8 Å². The number of halogens is 1. The van der Waals surface area contributed by atoms with Crippen LogP contribution in [-0.4, -0.2) is 19.8 Å². The maximum Gasteiger partial charge on any atom is 0.194 e. The van der Waals surface area contributed by atoms with Gasteiger partial charge >= 0.3 is 0 Å². The molecule has 0 aliphatic rings. The quantitative estimate of drug-likeness (QED) is 0.718. The fourth-order valence-corrected chi connectivity index (χ4v) is 1.90. The van der Waals surface area contributed by atoms with Gasteiger partial charge in [0.2, 0.25) is 0 Å². The Hall–Kier alpha value is -1.81. The molecule has 0 saturated carbocycles. The lowest BCUT2D eigenvalue weighted by molar-refractivity contribution is 0.810. The Morgan fingerprint density at radius 3 is 2.53 bits per heavy atom. The van der Waals surface area contributed by atoms with E-state index in [0.717, 1.165) is 11.3 Å². The van der Waals surface area contributed by atoms with Gasteiger partial charge in [0.05, 0.1) is 5.69 Å². The third-order valence-corrected chi connectivity index (χ3v) is 3.17. The zero-order valence-electron chi connectivity index (χ0n) is 9.53. The second kappa shape index (κ2) is 3.60. The molecular formula is C12H11ClN4. The van der Waals surface area contributed by atoms with Gasteiger partial charge in [0, 0.05) is 5.56 Å².